The fraction of sp³-hybridized carbons (Fsp3) is 0.538. The number of aryl methyl sites for hydroxylation is 2. The molecule has 0 aliphatic rings. The van der Waals surface area contributed by atoms with Gasteiger partial charge in [-0.15, -0.1) is 0 Å². The third kappa shape index (κ3) is 4.07. The zero-order valence-corrected chi connectivity index (χ0v) is 13.4. The Balaban J connectivity index is 2.95. The molecule has 0 saturated carbocycles. The maximum absolute atomic E-state index is 12.2. The predicted octanol–water partition coefficient (Wildman–Crippen LogP) is 3.15. The highest BCUT2D eigenvalue weighted by molar-refractivity contribution is 9.09. The molecule has 1 rings (SSSR count). The first-order valence-corrected chi connectivity index (χ1v) is 8.66. The van der Waals surface area contributed by atoms with Crippen LogP contribution in [0.4, 0.5) is 0 Å². The summed E-state index contributed by atoms with van der Waals surface area (Å²) < 4.78 is 27.2. The van der Waals surface area contributed by atoms with Crippen LogP contribution in [0.2, 0.25) is 0 Å². The first kappa shape index (κ1) is 15.7. The second-order valence-corrected chi connectivity index (χ2v) is 6.96. The molecule has 0 aliphatic heterocycles. The topological polar surface area (TPSA) is 46.2 Å². The molecule has 0 aliphatic carbocycles. The monoisotopic (exact) mass is 333 g/mol. The lowest BCUT2D eigenvalue weighted by molar-refractivity contribution is 0.533. The average Bonchev–Trinajstić information content (AvgIpc) is 2.31. The van der Waals surface area contributed by atoms with Crippen LogP contribution in [0.5, 0.6) is 0 Å². The Morgan fingerprint density at radius 2 is 1.94 bits per heavy atom. The van der Waals surface area contributed by atoms with E-state index in [9.17, 15) is 8.42 Å². The Bertz CT molecular complexity index is 500. The molecule has 0 saturated heterocycles. The molecule has 102 valence electrons. The molecule has 1 N–H and O–H groups in total. The van der Waals surface area contributed by atoms with Crippen molar-refractivity contribution in [3.63, 3.8) is 0 Å². The van der Waals surface area contributed by atoms with E-state index in [0.29, 0.717) is 4.90 Å². The molecule has 0 fully saturated rings. The Hall–Kier alpha value is -0.390. The third-order valence-corrected chi connectivity index (χ3v) is 5.04. The van der Waals surface area contributed by atoms with Gasteiger partial charge in [0.15, 0.2) is 0 Å². The third-order valence-electron chi connectivity index (χ3n) is 3.06. The smallest absolute Gasteiger partial charge is 0.208 e. The summed E-state index contributed by atoms with van der Waals surface area (Å²) >= 11 is 3.34. The Labute approximate surface area is 118 Å². The van der Waals surface area contributed by atoms with Gasteiger partial charge in [-0.05, 0) is 49.9 Å². The van der Waals surface area contributed by atoms with Crippen LogP contribution < -0.4 is 4.72 Å². The molecule has 0 aromatic heterocycles. The number of hydrogen-bond acceptors (Lipinski definition) is 2. The van der Waals surface area contributed by atoms with E-state index in [0.717, 1.165) is 29.3 Å². The van der Waals surface area contributed by atoms with Gasteiger partial charge in [0.05, 0.1) is 4.90 Å². The van der Waals surface area contributed by atoms with Crippen LogP contribution in [-0.4, -0.2) is 19.8 Å². The Morgan fingerprint density at radius 1 is 1.28 bits per heavy atom. The van der Waals surface area contributed by atoms with Gasteiger partial charge in [-0.3, -0.25) is 0 Å². The Kier molecular flexibility index (Phi) is 5.82. The minimum Gasteiger partial charge on any atom is -0.208 e. The number of benzene rings is 1. The van der Waals surface area contributed by atoms with E-state index in [1.54, 1.807) is 12.1 Å². The first-order chi connectivity index (χ1) is 8.40. The number of halogens is 1. The van der Waals surface area contributed by atoms with Crippen molar-refractivity contribution in [2.75, 3.05) is 5.33 Å². The fourth-order valence-corrected chi connectivity index (χ4v) is 3.64. The molecule has 1 aromatic carbocycles. The molecule has 0 bridgehead atoms. The lowest BCUT2D eigenvalue weighted by Gasteiger charge is -2.16. The second-order valence-electron chi connectivity index (χ2n) is 4.45. The van der Waals surface area contributed by atoms with Crippen molar-refractivity contribution in [3.05, 3.63) is 29.3 Å². The van der Waals surface area contributed by atoms with Gasteiger partial charge >= 0.3 is 0 Å². The molecule has 1 atom stereocenters. The highest BCUT2D eigenvalue weighted by atomic mass is 79.9. The van der Waals surface area contributed by atoms with Crippen LogP contribution in [-0.2, 0) is 10.0 Å². The zero-order valence-electron chi connectivity index (χ0n) is 11.0. The summed E-state index contributed by atoms with van der Waals surface area (Å²) in [6, 6.07) is 5.20. The van der Waals surface area contributed by atoms with Gasteiger partial charge in [0, 0.05) is 11.4 Å². The highest BCUT2D eigenvalue weighted by Crippen LogP contribution is 2.16. The van der Waals surface area contributed by atoms with Crippen LogP contribution in [0, 0.1) is 13.8 Å². The van der Waals surface area contributed by atoms with Gasteiger partial charge in [0.25, 0.3) is 0 Å². The summed E-state index contributed by atoms with van der Waals surface area (Å²) in [6.45, 7) is 5.87. The number of alkyl halides is 1. The number of hydrogen-bond donors (Lipinski definition) is 1. The second kappa shape index (κ2) is 6.68. The zero-order chi connectivity index (χ0) is 13.8. The van der Waals surface area contributed by atoms with Crippen molar-refractivity contribution < 1.29 is 8.42 Å². The summed E-state index contributed by atoms with van der Waals surface area (Å²) in [7, 11) is -3.40. The van der Waals surface area contributed by atoms with E-state index in [4.69, 9.17) is 0 Å². The van der Waals surface area contributed by atoms with Crippen LogP contribution >= 0.6 is 15.9 Å². The van der Waals surface area contributed by atoms with E-state index in [-0.39, 0.29) is 6.04 Å². The molecule has 1 aromatic rings. The quantitative estimate of drug-likeness (QED) is 0.813. The molecular weight excluding hydrogens is 314 g/mol. The Morgan fingerprint density at radius 3 is 2.44 bits per heavy atom. The van der Waals surface area contributed by atoms with E-state index < -0.39 is 10.0 Å². The predicted molar refractivity (Wildman–Crippen MR) is 78.7 cm³/mol. The first-order valence-electron chi connectivity index (χ1n) is 6.06. The molecule has 18 heavy (non-hydrogen) atoms. The average molecular weight is 334 g/mol. The molecule has 0 radical (unpaired) electrons. The van der Waals surface area contributed by atoms with E-state index >= 15 is 0 Å². The minimum absolute atomic E-state index is 0.0176. The number of rotatable bonds is 6. The molecule has 5 heteroatoms. The summed E-state index contributed by atoms with van der Waals surface area (Å²) in [5.41, 5.74) is 2.09. The molecule has 0 amide bonds. The molecular formula is C13H20BrNO2S. The van der Waals surface area contributed by atoms with Gasteiger partial charge in [-0.25, -0.2) is 13.1 Å². The van der Waals surface area contributed by atoms with Crippen LogP contribution in [0.25, 0.3) is 0 Å². The van der Waals surface area contributed by atoms with Crippen molar-refractivity contribution in [1.29, 1.82) is 0 Å². The molecule has 0 spiro atoms. The van der Waals surface area contributed by atoms with Gasteiger partial charge in [-0.2, -0.15) is 0 Å². The lowest BCUT2D eigenvalue weighted by atomic mass is 10.1. The highest BCUT2D eigenvalue weighted by Gasteiger charge is 2.18. The van der Waals surface area contributed by atoms with Crippen LogP contribution in [0.3, 0.4) is 0 Å². The van der Waals surface area contributed by atoms with Gasteiger partial charge in [0.2, 0.25) is 10.0 Å². The summed E-state index contributed by atoms with van der Waals surface area (Å²) in [4.78, 5) is 0.346. The summed E-state index contributed by atoms with van der Waals surface area (Å²) in [5.74, 6) is 0. The van der Waals surface area contributed by atoms with E-state index in [2.05, 4.69) is 20.7 Å². The normalized spacial score (nSPS) is 13.6. The molecule has 0 heterocycles. The van der Waals surface area contributed by atoms with E-state index in [1.807, 2.05) is 26.8 Å². The summed E-state index contributed by atoms with van der Waals surface area (Å²) in [6.07, 6.45) is 1.58. The fourth-order valence-electron chi connectivity index (χ4n) is 1.65. The van der Waals surface area contributed by atoms with Crippen molar-refractivity contribution in [2.24, 2.45) is 0 Å². The number of nitrogens with one attached hydrogen (secondary N) is 1. The molecule has 1 unspecified atom stereocenters. The van der Waals surface area contributed by atoms with Gasteiger partial charge < -0.3 is 0 Å². The standard InChI is InChI=1S/C13H20BrNO2S/c1-4-12(7-8-14)15-18(16,17)13-6-5-10(2)11(3)9-13/h5-6,9,12,15H,4,7-8H2,1-3H3. The van der Waals surface area contributed by atoms with Crippen molar-refractivity contribution in [3.8, 4) is 0 Å². The minimum atomic E-state index is -3.40. The summed E-state index contributed by atoms with van der Waals surface area (Å²) in [5, 5.41) is 0.793. The lowest BCUT2D eigenvalue weighted by Crippen LogP contribution is -2.34. The van der Waals surface area contributed by atoms with Crippen molar-refractivity contribution in [2.45, 2.75) is 44.6 Å². The van der Waals surface area contributed by atoms with Gasteiger partial charge in [0.1, 0.15) is 0 Å². The number of sulfonamides is 1. The van der Waals surface area contributed by atoms with E-state index in [1.165, 1.54) is 0 Å². The van der Waals surface area contributed by atoms with Gasteiger partial charge in [-0.1, -0.05) is 28.9 Å². The van der Waals surface area contributed by atoms with Crippen LogP contribution in [0.1, 0.15) is 30.9 Å². The molecule has 3 nitrogen and oxygen atoms in total. The van der Waals surface area contributed by atoms with Crippen molar-refractivity contribution >= 4 is 26.0 Å². The maximum Gasteiger partial charge on any atom is 0.240 e. The van der Waals surface area contributed by atoms with Crippen LogP contribution in [0.15, 0.2) is 23.1 Å². The maximum atomic E-state index is 12.2. The SMILES string of the molecule is CCC(CCBr)NS(=O)(=O)c1ccc(C)c(C)c1. The van der Waals surface area contributed by atoms with Crippen molar-refractivity contribution in [1.82, 2.24) is 4.72 Å². The largest absolute Gasteiger partial charge is 0.240 e.